The number of nitrogens with one attached hydrogen (secondary N) is 1. The third-order valence-corrected chi connectivity index (χ3v) is 5.23. The van der Waals surface area contributed by atoms with Gasteiger partial charge in [-0.05, 0) is 62.1 Å². The van der Waals surface area contributed by atoms with Crippen molar-refractivity contribution >= 4 is 17.6 Å². The van der Waals surface area contributed by atoms with Gasteiger partial charge in [0.2, 0.25) is 5.91 Å². The summed E-state index contributed by atoms with van der Waals surface area (Å²) < 4.78 is 5.73. The maximum absolute atomic E-state index is 12.4. The molecule has 1 heterocycles. The molecular formula is C24H31N3O3. The number of benzene rings is 2. The van der Waals surface area contributed by atoms with Crippen LogP contribution in [0.15, 0.2) is 48.5 Å². The van der Waals surface area contributed by atoms with Crippen LogP contribution < -0.4 is 10.1 Å². The number of hydrogen-bond donors (Lipinski definition) is 1. The van der Waals surface area contributed by atoms with E-state index in [0.29, 0.717) is 39.2 Å². The summed E-state index contributed by atoms with van der Waals surface area (Å²) in [5.74, 6) is 1.03. The quantitative estimate of drug-likeness (QED) is 0.696. The van der Waals surface area contributed by atoms with E-state index in [0.717, 1.165) is 29.8 Å². The molecule has 6 heteroatoms. The zero-order valence-corrected chi connectivity index (χ0v) is 17.9. The van der Waals surface area contributed by atoms with Crippen LogP contribution in [0.4, 0.5) is 10.5 Å². The number of carbonyl (C=O) groups excluding carboxylic acids is 2. The molecule has 0 spiro atoms. The first-order chi connectivity index (χ1) is 14.5. The molecule has 0 atom stereocenters. The number of amides is 3. The molecule has 0 unspecified atom stereocenters. The molecule has 1 saturated heterocycles. The summed E-state index contributed by atoms with van der Waals surface area (Å²) in [6.45, 7) is 6.93. The second-order valence-electron chi connectivity index (χ2n) is 7.79. The van der Waals surface area contributed by atoms with Crippen molar-refractivity contribution in [2.75, 3.05) is 38.1 Å². The molecule has 2 aromatic rings. The van der Waals surface area contributed by atoms with Gasteiger partial charge in [-0.3, -0.25) is 4.79 Å². The molecule has 3 rings (SSSR count). The zero-order valence-electron chi connectivity index (χ0n) is 17.9. The molecule has 3 amide bonds. The van der Waals surface area contributed by atoms with Gasteiger partial charge in [0.05, 0.1) is 6.61 Å². The molecule has 6 nitrogen and oxygen atoms in total. The fourth-order valence-electron chi connectivity index (χ4n) is 3.52. The van der Waals surface area contributed by atoms with Crippen molar-refractivity contribution in [3.05, 3.63) is 59.7 Å². The summed E-state index contributed by atoms with van der Waals surface area (Å²) in [4.78, 5) is 28.5. The number of aryl methyl sites for hydroxylation is 2. The first-order valence-corrected chi connectivity index (χ1v) is 10.6. The number of nitrogens with zero attached hydrogens (tertiary/aromatic N) is 2. The van der Waals surface area contributed by atoms with Crippen LogP contribution in [0.3, 0.4) is 0 Å². The largest absolute Gasteiger partial charge is 0.494 e. The first-order valence-electron chi connectivity index (χ1n) is 10.6. The van der Waals surface area contributed by atoms with Gasteiger partial charge in [0.25, 0.3) is 0 Å². The number of urea groups is 1. The molecule has 0 saturated carbocycles. The highest BCUT2D eigenvalue weighted by molar-refractivity contribution is 5.89. The molecule has 0 aromatic heterocycles. The predicted octanol–water partition coefficient (Wildman–Crippen LogP) is 4.23. The van der Waals surface area contributed by atoms with E-state index in [1.807, 2.05) is 67.3 Å². The van der Waals surface area contributed by atoms with E-state index in [1.165, 1.54) is 5.56 Å². The van der Waals surface area contributed by atoms with Crippen LogP contribution in [-0.4, -0.2) is 54.5 Å². The van der Waals surface area contributed by atoms with E-state index in [-0.39, 0.29) is 11.9 Å². The average Bonchev–Trinajstić information content (AvgIpc) is 2.73. The molecule has 0 aliphatic carbocycles. The van der Waals surface area contributed by atoms with Crippen molar-refractivity contribution in [2.24, 2.45) is 0 Å². The van der Waals surface area contributed by atoms with E-state index < -0.39 is 0 Å². The standard InChI is InChI=1S/C24H31N3O3/c1-19-7-5-9-21(17-19)25-24(29)27-14-12-26(13-15-27)23(28)11-3-4-16-30-22-10-6-8-20(2)18-22/h5-10,17-18H,3-4,11-16H2,1-2H3,(H,25,29). The van der Waals surface area contributed by atoms with Crippen LogP contribution in [0.1, 0.15) is 30.4 Å². The number of piperazine rings is 1. The van der Waals surface area contributed by atoms with Gasteiger partial charge in [-0.15, -0.1) is 0 Å². The van der Waals surface area contributed by atoms with Gasteiger partial charge >= 0.3 is 6.03 Å². The van der Waals surface area contributed by atoms with Crippen molar-refractivity contribution in [1.29, 1.82) is 0 Å². The van der Waals surface area contributed by atoms with Crippen LogP contribution in [0.25, 0.3) is 0 Å². The number of anilines is 1. The van der Waals surface area contributed by atoms with Gasteiger partial charge in [0.1, 0.15) is 5.75 Å². The lowest BCUT2D eigenvalue weighted by Crippen LogP contribution is -2.51. The Morgan fingerprint density at radius 3 is 2.27 bits per heavy atom. The van der Waals surface area contributed by atoms with Gasteiger partial charge in [0.15, 0.2) is 0 Å². The zero-order chi connectivity index (χ0) is 21.3. The summed E-state index contributed by atoms with van der Waals surface area (Å²) in [7, 11) is 0. The number of ether oxygens (including phenoxy) is 1. The highest BCUT2D eigenvalue weighted by atomic mass is 16.5. The smallest absolute Gasteiger partial charge is 0.321 e. The summed E-state index contributed by atoms with van der Waals surface area (Å²) >= 11 is 0. The Balaban J connectivity index is 1.32. The van der Waals surface area contributed by atoms with Gasteiger partial charge in [-0.1, -0.05) is 24.3 Å². The number of hydrogen-bond acceptors (Lipinski definition) is 3. The molecule has 1 N–H and O–H groups in total. The second-order valence-corrected chi connectivity index (χ2v) is 7.79. The molecule has 0 radical (unpaired) electrons. The van der Waals surface area contributed by atoms with Crippen LogP contribution >= 0.6 is 0 Å². The Kier molecular flexibility index (Phi) is 7.71. The first kappa shape index (κ1) is 21.7. The summed E-state index contributed by atoms with van der Waals surface area (Å²) in [5, 5.41) is 2.93. The Morgan fingerprint density at radius 2 is 1.57 bits per heavy atom. The van der Waals surface area contributed by atoms with Crippen molar-refractivity contribution in [3.8, 4) is 5.75 Å². The SMILES string of the molecule is Cc1cccc(NC(=O)N2CCN(C(=O)CCCCOc3cccc(C)c3)CC2)c1. The molecule has 0 bridgehead atoms. The maximum Gasteiger partial charge on any atom is 0.321 e. The highest BCUT2D eigenvalue weighted by Crippen LogP contribution is 2.14. The monoisotopic (exact) mass is 409 g/mol. The summed E-state index contributed by atoms with van der Waals surface area (Å²) in [6.07, 6.45) is 2.17. The van der Waals surface area contributed by atoms with E-state index in [4.69, 9.17) is 4.74 Å². The minimum absolute atomic E-state index is 0.110. The lowest BCUT2D eigenvalue weighted by molar-refractivity contribution is -0.132. The summed E-state index contributed by atoms with van der Waals surface area (Å²) in [6, 6.07) is 15.6. The lowest BCUT2D eigenvalue weighted by Gasteiger charge is -2.34. The third-order valence-electron chi connectivity index (χ3n) is 5.23. The van der Waals surface area contributed by atoms with Crippen LogP contribution in [0.5, 0.6) is 5.75 Å². The molecular weight excluding hydrogens is 378 g/mol. The van der Waals surface area contributed by atoms with Gasteiger partial charge in [-0.2, -0.15) is 0 Å². The van der Waals surface area contributed by atoms with Gasteiger partial charge in [-0.25, -0.2) is 4.79 Å². The van der Waals surface area contributed by atoms with E-state index in [1.54, 1.807) is 4.90 Å². The van der Waals surface area contributed by atoms with E-state index >= 15 is 0 Å². The van der Waals surface area contributed by atoms with Gasteiger partial charge < -0.3 is 19.9 Å². The number of carbonyl (C=O) groups is 2. The van der Waals surface area contributed by atoms with Crippen LogP contribution in [0, 0.1) is 13.8 Å². The summed E-state index contributed by atoms with van der Waals surface area (Å²) in [5.41, 5.74) is 3.08. The highest BCUT2D eigenvalue weighted by Gasteiger charge is 2.23. The van der Waals surface area contributed by atoms with Gasteiger partial charge in [0, 0.05) is 38.3 Å². The molecule has 2 aromatic carbocycles. The lowest BCUT2D eigenvalue weighted by atomic mass is 10.2. The minimum Gasteiger partial charge on any atom is -0.494 e. The Bertz CT molecular complexity index is 860. The molecule has 1 aliphatic heterocycles. The van der Waals surface area contributed by atoms with Crippen molar-refractivity contribution in [1.82, 2.24) is 9.80 Å². The molecule has 160 valence electrons. The Morgan fingerprint density at radius 1 is 0.900 bits per heavy atom. The number of unbranched alkanes of at least 4 members (excludes halogenated alkanes) is 1. The van der Waals surface area contributed by atoms with Crippen molar-refractivity contribution < 1.29 is 14.3 Å². The minimum atomic E-state index is -0.110. The van der Waals surface area contributed by atoms with Crippen molar-refractivity contribution in [3.63, 3.8) is 0 Å². The van der Waals surface area contributed by atoms with Crippen LogP contribution in [-0.2, 0) is 4.79 Å². The molecule has 30 heavy (non-hydrogen) atoms. The normalized spacial score (nSPS) is 13.8. The average molecular weight is 410 g/mol. The maximum atomic E-state index is 12.4. The Hall–Kier alpha value is -3.02. The Labute approximate surface area is 178 Å². The van der Waals surface area contributed by atoms with Crippen LogP contribution in [0.2, 0.25) is 0 Å². The van der Waals surface area contributed by atoms with Crippen molar-refractivity contribution in [2.45, 2.75) is 33.1 Å². The molecule has 1 fully saturated rings. The molecule has 1 aliphatic rings. The number of rotatable bonds is 7. The fraction of sp³-hybridized carbons (Fsp3) is 0.417. The predicted molar refractivity (Wildman–Crippen MR) is 119 cm³/mol. The second kappa shape index (κ2) is 10.7. The van der Waals surface area contributed by atoms with E-state index in [9.17, 15) is 9.59 Å². The fourth-order valence-corrected chi connectivity index (χ4v) is 3.52. The topological polar surface area (TPSA) is 61.9 Å². The third kappa shape index (κ3) is 6.51. The van der Waals surface area contributed by atoms with E-state index in [2.05, 4.69) is 5.32 Å².